The molecule has 2 fully saturated rings. The highest BCUT2D eigenvalue weighted by molar-refractivity contribution is 5.95. The maximum atomic E-state index is 12.4. The van der Waals surface area contributed by atoms with E-state index < -0.39 is 35.0 Å². The highest BCUT2D eigenvalue weighted by Gasteiger charge is 2.77. The molecule has 7 nitrogen and oxygen atoms in total. The molecule has 0 bridgehead atoms. The van der Waals surface area contributed by atoms with Gasteiger partial charge < -0.3 is 23.7 Å². The Balaban J connectivity index is 2.47. The van der Waals surface area contributed by atoms with E-state index in [9.17, 15) is 14.4 Å². The lowest BCUT2D eigenvalue weighted by Crippen LogP contribution is -2.60. The van der Waals surface area contributed by atoms with Crippen molar-refractivity contribution >= 4 is 17.7 Å². The molecule has 0 aliphatic carbocycles. The van der Waals surface area contributed by atoms with Gasteiger partial charge in [0.2, 0.25) is 11.7 Å². The third kappa shape index (κ3) is 2.24. The van der Waals surface area contributed by atoms with Crippen molar-refractivity contribution in [2.24, 2.45) is 0 Å². The zero-order valence-electron chi connectivity index (χ0n) is 12.8. The summed E-state index contributed by atoms with van der Waals surface area (Å²) in [6.45, 7) is 6.21. The van der Waals surface area contributed by atoms with Crippen molar-refractivity contribution in [2.75, 3.05) is 7.11 Å². The number of cyclic esters (lactones) is 1. The van der Waals surface area contributed by atoms with Gasteiger partial charge in [-0.05, 0) is 34.1 Å². The number of esters is 2. The van der Waals surface area contributed by atoms with Gasteiger partial charge in [-0.15, -0.1) is 0 Å². The quantitative estimate of drug-likeness (QED) is 0.707. The topological polar surface area (TPSA) is 88.1 Å². The first-order valence-corrected chi connectivity index (χ1v) is 6.77. The van der Waals surface area contributed by atoms with Gasteiger partial charge in [0.25, 0.3) is 0 Å². The standard InChI is InChI=1S/C14H20O7/c1-8(15)6-7-13(4)14(11(17)18-5)9(10(16)20-13)19-12(2,3)21-14/h9H,6-7H2,1-5H3/t9-,13?,14+/m1/s1. The Morgan fingerprint density at radius 3 is 2.43 bits per heavy atom. The molecule has 2 aliphatic heterocycles. The first-order chi connectivity index (χ1) is 9.58. The largest absolute Gasteiger partial charge is 0.467 e. The lowest BCUT2D eigenvalue weighted by Gasteiger charge is -2.37. The molecule has 0 N–H and O–H groups in total. The van der Waals surface area contributed by atoms with E-state index in [0.717, 1.165) is 0 Å². The Labute approximate surface area is 122 Å². The van der Waals surface area contributed by atoms with E-state index in [4.69, 9.17) is 18.9 Å². The summed E-state index contributed by atoms with van der Waals surface area (Å²) >= 11 is 0. The fourth-order valence-corrected chi connectivity index (χ4v) is 2.95. The molecule has 2 saturated heterocycles. The number of hydrogen-bond donors (Lipinski definition) is 0. The SMILES string of the molecule is COC(=O)[C@@]12OC(C)(C)O[C@@H]1C(=O)OC2(C)CCC(C)=O. The second-order valence-electron chi connectivity index (χ2n) is 6.08. The Hall–Kier alpha value is -1.47. The van der Waals surface area contributed by atoms with Crippen LogP contribution in [0.5, 0.6) is 0 Å². The third-order valence-electron chi connectivity index (χ3n) is 3.95. The van der Waals surface area contributed by atoms with E-state index in [0.29, 0.717) is 0 Å². The van der Waals surface area contributed by atoms with Crippen LogP contribution in [0.25, 0.3) is 0 Å². The van der Waals surface area contributed by atoms with Gasteiger partial charge in [-0.25, -0.2) is 9.59 Å². The Morgan fingerprint density at radius 1 is 1.29 bits per heavy atom. The van der Waals surface area contributed by atoms with E-state index in [1.165, 1.54) is 14.0 Å². The fraction of sp³-hybridized carbons (Fsp3) is 0.786. The van der Waals surface area contributed by atoms with Crippen molar-refractivity contribution < 1.29 is 33.3 Å². The summed E-state index contributed by atoms with van der Waals surface area (Å²) in [5.41, 5.74) is -3.01. The minimum absolute atomic E-state index is 0.0751. The van der Waals surface area contributed by atoms with Gasteiger partial charge in [-0.1, -0.05) is 0 Å². The molecule has 0 aromatic carbocycles. The molecular weight excluding hydrogens is 280 g/mol. The molecule has 0 saturated carbocycles. The molecule has 7 heteroatoms. The molecule has 21 heavy (non-hydrogen) atoms. The Bertz CT molecular complexity index is 498. The van der Waals surface area contributed by atoms with Crippen LogP contribution < -0.4 is 0 Å². The molecule has 3 atom stereocenters. The van der Waals surface area contributed by atoms with Crippen molar-refractivity contribution in [1.29, 1.82) is 0 Å². The van der Waals surface area contributed by atoms with Crippen LogP contribution in [0.4, 0.5) is 0 Å². The van der Waals surface area contributed by atoms with E-state index >= 15 is 0 Å². The number of Topliss-reactive ketones (excluding diaryl/α,β-unsaturated/α-hetero) is 1. The smallest absolute Gasteiger partial charge is 0.345 e. The van der Waals surface area contributed by atoms with Crippen molar-refractivity contribution in [3.63, 3.8) is 0 Å². The zero-order valence-corrected chi connectivity index (χ0v) is 12.8. The Kier molecular flexibility index (Phi) is 3.62. The van der Waals surface area contributed by atoms with Crippen molar-refractivity contribution in [3.05, 3.63) is 0 Å². The number of carbonyl (C=O) groups is 3. The van der Waals surface area contributed by atoms with Gasteiger partial charge in [-0.2, -0.15) is 0 Å². The second-order valence-corrected chi connectivity index (χ2v) is 6.08. The normalized spacial score (nSPS) is 37.0. The van der Waals surface area contributed by atoms with E-state index in [-0.39, 0.29) is 18.6 Å². The average Bonchev–Trinajstić information content (AvgIpc) is 2.77. The van der Waals surface area contributed by atoms with Crippen LogP contribution in [-0.2, 0) is 33.3 Å². The molecule has 118 valence electrons. The van der Waals surface area contributed by atoms with Gasteiger partial charge >= 0.3 is 11.9 Å². The van der Waals surface area contributed by atoms with Crippen LogP contribution in [0.3, 0.4) is 0 Å². The van der Waals surface area contributed by atoms with Crippen LogP contribution >= 0.6 is 0 Å². The van der Waals surface area contributed by atoms with E-state index in [1.54, 1.807) is 20.8 Å². The molecule has 0 spiro atoms. The number of ether oxygens (including phenoxy) is 4. The van der Waals surface area contributed by atoms with Crippen molar-refractivity contribution in [2.45, 2.75) is 63.6 Å². The maximum absolute atomic E-state index is 12.4. The Morgan fingerprint density at radius 2 is 1.90 bits per heavy atom. The predicted molar refractivity (Wildman–Crippen MR) is 69.2 cm³/mol. The fourth-order valence-electron chi connectivity index (χ4n) is 2.95. The number of hydrogen-bond acceptors (Lipinski definition) is 7. The summed E-state index contributed by atoms with van der Waals surface area (Å²) in [7, 11) is 1.21. The minimum Gasteiger partial charge on any atom is -0.467 e. The summed E-state index contributed by atoms with van der Waals surface area (Å²) in [4.78, 5) is 35.7. The molecule has 0 amide bonds. The van der Waals surface area contributed by atoms with E-state index in [2.05, 4.69) is 0 Å². The molecular formula is C14H20O7. The molecule has 2 heterocycles. The maximum Gasteiger partial charge on any atom is 0.345 e. The van der Waals surface area contributed by atoms with Gasteiger partial charge in [-0.3, -0.25) is 0 Å². The van der Waals surface area contributed by atoms with Crippen LogP contribution in [0, 0.1) is 0 Å². The van der Waals surface area contributed by atoms with Gasteiger partial charge in [0.1, 0.15) is 5.78 Å². The molecule has 0 radical (unpaired) electrons. The number of carbonyl (C=O) groups excluding carboxylic acids is 3. The number of fused-ring (bicyclic) bond motifs is 1. The second kappa shape index (κ2) is 4.78. The summed E-state index contributed by atoms with van der Waals surface area (Å²) in [6.07, 6.45) is -0.894. The average molecular weight is 300 g/mol. The van der Waals surface area contributed by atoms with Crippen molar-refractivity contribution in [3.8, 4) is 0 Å². The predicted octanol–water partition coefficient (Wildman–Crippen LogP) is 0.734. The highest BCUT2D eigenvalue weighted by Crippen LogP contribution is 2.52. The van der Waals surface area contributed by atoms with E-state index in [1.807, 2.05) is 0 Å². The summed E-state index contributed by atoms with van der Waals surface area (Å²) in [5.74, 6) is -2.63. The summed E-state index contributed by atoms with van der Waals surface area (Å²) < 4.78 is 21.5. The number of ketones is 1. The molecule has 1 unspecified atom stereocenters. The van der Waals surface area contributed by atoms with Crippen LogP contribution in [-0.4, -0.2) is 47.9 Å². The lowest BCUT2D eigenvalue weighted by molar-refractivity contribution is -0.228. The first-order valence-electron chi connectivity index (χ1n) is 6.77. The number of rotatable bonds is 4. The van der Waals surface area contributed by atoms with Crippen LogP contribution in [0.1, 0.15) is 40.5 Å². The number of methoxy groups -OCH3 is 1. The molecule has 0 aromatic heterocycles. The third-order valence-corrected chi connectivity index (χ3v) is 3.95. The van der Waals surface area contributed by atoms with Gasteiger partial charge in [0, 0.05) is 6.42 Å². The summed E-state index contributed by atoms with van der Waals surface area (Å²) in [5, 5.41) is 0. The van der Waals surface area contributed by atoms with Gasteiger partial charge in [0.05, 0.1) is 7.11 Å². The molecule has 0 aromatic rings. The first kappa shape index (κ1) is 15.9. The summed E-state index contributed by atoms with van der Waals surface area (Å²) in [6, 6.07) is 0. The molecule has 2 aliphatic rings. The highest BCUT2D eigenvalue weighted by atomic mass is 16.8. The monoisotopic (exact) mass is 300 g/mol. The van der Waals surface area contributed by atoms with Gasteiger partial charge in [0.15, 0.2) is 11.4 Å². The zero-order chi connectivity index (χ0) is 16.1. The molecule has 2 rings (SSSR count). The van der Waals surface area contributed by atoms with Crippen LogP contribution in [0.15, 0.2) is 0 Å². The lowest BCUT2D eigenvalue weighted by atomic mass is 9.78. The van der Waals surface area contributed by atoms with Crippen molar-refractivity contribution in [1.82, 2.24) is 0 Å². The minimum atomic E-state index is -1.70. The van der Waals surface area contributed by atoms with Crippen LogP contribution in [0.2, 0.25) is 0 Å².